The second kappa shape index (κ2) is 5.75. The van der Waals surface area contributed by atoms with Gasteiger partial charge in [0, 0.05) is 30.8 Å². The summed E-state index contributed by atoms with van der Waals surface area (Å²) in [5.41, 5.74) is 12.3. The maximum atomic E-state index is 11.3. The Hall–Kier alpha value is -1.03. The Kier molecular flexibility index (Phi) is 5.36. The number of ketones is 1. The molecule has 0 heterocycles. The van der Waals surface area contributed by atoms with Crippen LogP contribution < -0.4 is 11.5 Å². The van der Waals surface area contributed by atoms with Crippen LogP contribution in [0.25, 0.3) is 0 Å². The highest BCUT2D eigenvalue weighted by molar-refractivity contribution is 5.78. The quantitative estimate of drug-likeness (QED) is 0.665. The highest BCUT2D eigenvalue weighted by Crippen LogP contribution is 2.23. The van der Waals surface area contributed by atoms with Crippen molar-refractivity contribution in [3.8, 4) is 0 Å². The van der Waals surface area contributed by atoms with Gasteiger partial charge in [-0.2, -0.15) is 0 Å². The van der Waals surface area contributed by atoms with Gasteiger partial charge in [0.15, 0.2) is 0 Å². The third-order valence-electron chi connectivity index (χ3n) is 3.05. The molecule has 0 aromatic heterocycles. The number of nitrogens with two attached hydrogens (primary N) is 2. The monoisotopic (exact) mass is 213 g/mol. The molecule has 0 amide bonds. The fourth-order valence-electron chi connectivity index (χ4n) is 1.43. The second-order valence-corrected chi connectivity index (χ2v) is 4.13. The van der Waals surface area contributed by atoms with E-state index in [0.717, 1.165) is 5.70 Å². The van der Waals surface area contributed by atoms with Gasteiger partial charge in [0.05, 0.1) is 6.17 Å². The first-order valence-electron chi connectivity index (χ1n) is 5.23. The molecule has 4 N–H and O–H groups in total. The lowest BCUT2D eigenvalue weighted by atomic mass is 9.89. The third kappa shape index (κ3) is 3.55. The van der Waals surface area contributed by atoms with Crippen LogP contribution in [0.15, 0.2) is 11.9 Å². The number of hydrogen-bond acceptors (Lipinski definition) is 4. The summed E-state index contributed by atoms with van der Waals surface area (Å²) in [6.45, 7) is 7.38. The van der Waals surface area contributed by atoms with Crippen molar-refractivity contribution in [2.45, 2.75) is 33.9 Å². The predicted molar refractivity (Wildman–Crippen MR) is 62.7 cm³/mol. The SMILES string of the molecule is CC(=O)C(C)C(C)/C(=C/N)N(C)C(C)N. The summed E-state index contributed by atoms with van der Waals surface area (Å²) in [5.74, 6) is 0.212. The van der Waals surface area contributed by atoms with Crippen LogP contribution >= 0.6 is 0 Å². The van der Waals surface area contributed by atoms with Gasteiger partial charge in [-0.3, -0.25) is 4.79 Å². The molecule has 0 fully saturated rings. The molecular weight excluding hydrogens is 190 g/mol. The molecule has 0 radical (unpaired) electrons. The molecule has 0 spiro atoms. The molecule has 4 nitrogen and oxygen atoms in total. The first-order valence-corrected chi connectivity index (χ1v) is 5.23. The molecule has 0 aliphatic heterocycles. The molecule has 0 aliphatic carbocycles. The number of allylic oxidation sites excluding steroid dienone is 1. The molecule has 0 rings (SSSR count). The molecule has 4 heteroatoms. The third-order valence-corrected chi connectivity index (χ3v) is 3.05. The summed E-state index contributed by atoms with van der Waals surface area (Å²) in [7, 11) is 1.88. The van der Waals surface area contributed by atoms with E-state index < -0.39 is 0 Å². The molecule has 0 bridgehead atoms. The lowest BCUT2D eigenvalue weighted by Crippen LogP contribution is -2.39. The number of hydrogen-bond donors (Lipinski definition) is 2. The Bertz CT molecular complexity index is 248. The van der Waals surface area contributed by atoms with Gasteiger partial charge in [0.1, 0.15) is 5.78 Å². The number of carbonyl (C=O) groups is 1. The van der Waals surface area contributed by atoms with Crippen LogP contribution in [-0.4, -0.2) is 23.9 Å². The standard InChI is InChI=1S/C11H23N3O/c1-7(9(3)15)8(2)11(6-12)14(5)10(4)13/h6-8,10H,12-13H2,1-5H3/b11-6-. The van der Waals surface area contributed by atoms with E-state index in [1.54, 1.807) is 6.92 Å². The normalized spacial score (nSPS) is 18.1. The molecule has 0 saturated heterocycles. The number of carbonyl (C=O) groups excluding carboxylic acids is 1. The summed E-state index contributed by atoms with van der Waals surface area (Å²) in [4.78, 5) is 13.2. The van der Waals surface area contributed by atoms with Gasteiger partial charge in [-0.1, -0.05) is 13.8 Å². The summed E-state index contributed by atoms with van der Waals surface area (Å²) < 4.78 is 0. The molecule has 0 aromatic rings. The van der Waals surface area contributed by atoms with E-state index in [0.29, 0.717) is 0 Å². The van der Waals surface area contributed by atoms with Crippen LogP contribution in [-0.2, 0) is 4.79 Å². The van der Waals surface area contributed by atoms with Crippen LogP contribution in [0, 0.1) is 11.8 Å². The molecule has 3 atom stereocenters. The lowest BCUT2D eigenvalue weighted by Gasteiger charge is -2.32. The van der Waals surface area contributed by atoms with E-state index >= 15 is 0 Å². The number of Topliss-reactive ketones (excluding diaryl/α,β-unsaturated/α-hetero) is 1. The van der Waals surface area contributed by atoms with Gasteiger partial charge in [-0.25, -0.2) is 0 Å². The second-order valence-electron chi connectivity index (χ2n) is 4.13. The molecule has 88 valence electrons. The first-order chi connectivity index (χ1) is 6.82. The van der Waals surface area contributed by atoms with E-state index in [1.165, 1.54) is 6.20 Å². The van der Waals surface area contributed by atoms with E-state index in [1.807, 2.05) is 32.7 Å². The van der Waals surface area contributed by atoms with Gasteiger partial charge in [0.25, 0.3) is 0 Å². The van der Waals surface area contributed by atoms with E-state index in [4.69, 9.17) is 11.5 Å². The van der Waals surface area contributed by atoms with Crippen LogP contribution in [0.5, 0.6) is 0 Å². The zero-order chi connectivity index (χ0) is 12.2. The summed E-state index contributed by atoms with van der Waals surface area (Å²) >= 11 is 0. The van der Waals surface area contributed by atoms with Crippen molar-refractivity contribution in [3.63, 3.8) is 0 Å². The maximum absolute atomic E-state index is 11.3. The van der Waals surface area contributed by atoms with E-state index in [-0.39, 0.29) is 23.8 Å². The minimum Gasteiger partial charge on any atom is -0.403 e. The maximum Gasteiger partial charge on any atom is 0.133 e. The Balaban J connectivity index is 4.77. The van der Waals surface area contributed by atoms with Crippen LogP contribution in [0.1, 0.15) is 27.7 Å². The Labute approximate surface area is 92.3 Å². The highest BCUT2D eigenvalue weighted by atomic mass is 16.1. The fourth-order valence-corrected chi connectivity index (χ4v) is 1.43. The van der Waals surface area contributed by atoms with Gasteiger partial charge < -0.3 is 16.4 Å². The number of rotatable bonds is 5. The highest BCUT2D eigenvalue weighted by Gasteiger charge is 2.23. The van der Waals surface area contributed by atoms with Gasteiger partial charge in [-0.15, -0.1) is 0 Å². The molecule has 15 heavy (non-hydrogen) atoms. The predicted octanol–water partition coefficient (Wildman–Crippen LogP) is 0.884. The Morgan fingerprint density at radius 2 is 1.73 bits per heavy atom. The average molecular weight is 213 g/mol. The van der Waals surface area contributed by atoms with Crippen molar-refractivity contribution in [3.05, 3.63) is 11.9 Å². The summed E-state index contributed by atoms with van der Waals surface area (Å²) in [6.07, 6.45) is 1.43. The molecule has 3 unspecified atom stereocenters. The largest absolute Gasteiger partial charge is 0.403 e. The minimum absolute atomic E-state index is 0.0407. The zero-order valence-electron chi connectivity index (χ0n) is 10.3. The molecule has 0 aromatic carbocycles. The minimum atomic E-state index is -0.110. The van der Waals surface area contributed by atoms with Crippen molar-refractivity contribution in [2.75, 3.05) is 7.05 Å². The van der Waals surface area contributed by atoms with Crippen molar-refractivity contribution < 1.29 is 4.79 Å². The first kappa shape index (κ1) is 14.0. The van der Waals surface area contributed by atoms with Gasteiger partial charge in [0.2, 0.25) is 0 Å². The van der Waals surface area contributed by atoms with E-state index in [9.17, 15) is 4.79 Å². The number of nitrogens with zero attached hydrogens (tertiary/aromatic N) is 1. The molecule has 0 saturated carbocycles. The summed E-state index contributed by atoms with van der Waals surface area (Å²) in [5, 5.41) is 0. The fraction of sp³-hybridized carbons (Fsp3) is 0.727. The van der Waals surface area contributed by atoms with Crippen LogP contribution in [0.2, 0.25) is 0 Å². The average Bonchev–Trinajstić information content (AvgIpc) is 2.16. The molecule has 0 aliphatic rings. The van der Waals surface area contributed by atoms with Gasteiger partial charge in [-0.05, 0) is 13.8 Å². The zero-order valence-corrected chi connectivity index (χ0v) is 10.3. The van der Waals surface area contributed by atoms with Crippen molar-refractivity contribution in [1.29, 1.82) is 0 Å². The Morgan fingerprint density at radius 3 is 2.00 bits per heavy atom. The van der Waals surface area contributed by atoms with Crippen molar-refractivity contribution in [1.82, 2.24) is 4.90 Å². The lowest BCUT2D eigenvalue weighted by molar-refractivity contribution is -0.121. The van der Waals surface area contributed by atoms with Crippen molar-refractivity contribution >= 4 is 5.78 Å². The molecular formula is C11H23N3O. The van der Waals surface area contributed by atoms with Gasteiger partial charge >= 0.3 is 0 Å². The Morgan fingerprint density at radius 1 is 1.27 bits per heavy atom. The van der Waals surface area contributed by atoms with Crippen molar-refractivity contribution in [2.24, 2.45) is 23.3 Å². The van der Waals surface area contributed by atoms with Crippen LogP contribution in [0.3, 0.4) is 0 Å². The van der Waals surface area contributed by atoms with E-state index in [2.05, 4.69) is 0 Å². The topological polar surface area (TPSA) is 72.4 Å². The van der Waals surface area contributed by atoms with Crippen LogP contribution in [0.4, 0.5) is 0 Å². The summed E-state index contributed by atoms with van der Waals surface area (Å²) in [6, 6.07) is 0. The smallest absolute Gasteiger partial charge is 0.133 e.